The molecule has 1 aliphatic heterocycles. The minimum atomic E-state index is 0.178. The number of benzene rings is 2. The zero-order valence-electron chi connectivity index (χ0n) is 11.9. The molecule has 2 aromatic carbocycles. The molecule has 3 rings (SSSR count). The molecule has 0 saturated carbocycles. The molecule has 0 saturated heterocycles. The maximum Gasteiger partial charge on any atom is 0.0644 e. The minimum absolute atomic E-state index is 0.178. The average molecular weight is 321 g/mol. The Morgan fingerprint density at radius 2 is 1.90 bits per heavy atom. The van der Waals surface area contributed by atoms with Crippen LogP contribution in [0.25, 0.3) is 0 Å². The van der Waals surface area contributed by atoms with E-state index in [0.29, 0.717) is 10.0 Å². The Kier molecular flexibility index (Phi) is 4.39. The van der Waals surface area contributed by atoms with Crippen molar-refractivity contribution in [2.75, 3.05) is 18.0 Å². The van der Waals surface area contributed by atoms with Gasteiger partial charge in [0.2, 0.25) is 0 Å². The van der Waals surface area contributed by atoms with Crippen LogP contribution in [0, 0.1) is 0 Å². The van der Waals surface area contributed by atoms with Crippen molar-refractivity contribution in [1.82, 2.24) is 5.32 Å². The highest BCUT2D eigenvalue weighted by atomic mass is 35.5. The summed E-state index contributed by atoms with van der Waals surface area (Å²) in [7, 11) is 0. The summed E-state index contributed by atoms with van der Waals surface area (Å²) in [6.45, 7) is 4.99. The Bertz CT molecular complexity index is 642. The van der Waals surface area contributed by atoms with E-state index in [0.717, 1.165) is 25.2 Å². The third-order valence-corrected chi connectivity index (χ3v) is 4.88. The van der Waals surface area contributed by atoms with Crippen LogP contribution >= 0.6 is 23.2 Å². The second-order valence-electron chi connectivity index (χ2n) is 5.32. The highest BCUT2D eigenvalue weighted by Crippen LogP contribution is 2.36. The van der Waals surface area contributed by atoms with Crippen molar-refractivity contribution in [3.8, 4) is 0 Å². The van der Waals surface area contributed by atoms with Crippen molar-refractivity contribution < 1.29 is 0 Å². The van der Waals surface area contributed by atoms with Crippen molar-refractivity contribution in [3.63, 3.8) is 0 Å². The maximum absolute atomic E-state index is 6.40. The van der Waals surface area contributed by atoms with E-state index in [4.69, 9.17) is 23.2 Å². The van der Waals surface area contributed by atoms with Crippen LogP contribution in [0.1, 0.15) is 24.1 Å². The van der Waals surface area contributed by atoms with Crippen LogP contribution in [-0.2, 0) is 6.54 Å². The molecular formula is C17H18Cl2N2. The summed E-state index contributed by atoms with van der Waals surface area (Å²) >= 11 is 12.6. The molecule has 0 amide bonds. The van der Waals surface area contributed by atoms with Gasteiger partial charge in [-0.25, -0.2) is 0 Å². The first-order valence-electron chi connectivity index (χ1n) is 7.17. The molecule has 1 heterocycles. The van der Waals surface area contributed by atoms with Gasteiger partial charge in [-0.2, -0.15) is 0 Å². The van der Waals surface area contributed by atoms with Gasteiger partial charge in [-0.1, -0.05) is 53.5 Å². The molecule has 2 aromatic rings. The van der Waals surface area contributed by atoms with Crippen molar-refractivity contribution in [1.29, 1.82) is 0 Å². The lowest BCUT2D eigenvalue weighted by Gasteiger charge is -2.32. The summed E-state index contributed by atoms with van der Waals surface area (Å²) in [5, 5.41) is 4.73. The van der Waals surface area contributed by atoms with Gasteiger partial charge in [0.1, 0.15) is 0 Å². The number of anilines is 1. The van der Waals surface area contributed by atoms with Crippen molar-refractivity contribution in [2.24, 2.45) is 0 Å². The fourth-order valence-electron chi connectivity index (χ4n) is 2.90. The van der Waals surface area contributed by atoms with Crippen molar-refractivity contribution in [3.05, 3.63) is 63.6 Å². The monoisotopic (exact) mass is 320 g/mol. The number of hydrogen-bond acceptors (Lipinski definition) is 2. The van der Waals surface area contributed by atoms with Gasteiger partial charge < -0.3 is 10.2 Å². The van der Waals surface area contributed by atoms with Gasteiger partial charge in [-0.05, 0) is 30.2 Å². The van der Waals surface area contributed by atoms with E-state index in [9.17, 15) is 0 Å². The van der Waals surface area contributed by atoms with E-state index in [-0.39, 0.29) is 6.04 Å². The van der Waals surface area contributed by atoms with Gasteiger partial charge in [0.25, 0.3) is 0 Å². The molecule has 2 nitrogen and oxygen atoms in total. The SMILES string of the molecule is CC(c1cccc(Cl)c1Cl)N1CCNCc2ccccc21. The number of hydrogen-bond donors (Lipinski definition) is 1. The molecule has 0 fully saturated rings. The smallest absolute Gasteiger partial charge is 0.0644 e. The van der Waals surface area contributed by atoms with Crippen LogP contribution in [0.5, 0.6) is 0 Å². The van der Waals surface area contributed by atoms with E-state index in [1.807, 2.05) is 12.1 Å². The van der Waals surface area contributed by atoms with Gasteiger partial charge in [-0.15, -0.1) is 0 Å². The molecule has 0 aliphatic carbocycles. The number of nitrogens with one attached hydrogen (secondary N) is 1. The molecule has 0 radical (unpaired) electrons. The third-order valence-electron chi connectivity index (χ3n) is 4.05. The van der Waals surface area contributed by atoms with Crippen molar-refractivity contribution in [2.45, 2.75) is 19.5 Å². The molecule has 1 unspecified atom stereocenters. The Labute approximate surface area is 135 Å². The van der Waals surface area contributed by atoms with Gasteiger partial charge in [-0.3, -0.25) is 0 Å². The molecule has 0 spiro atoms. The number of para-hydroxylation sites is 1. The molecular weight excluding hydrogens is 303 g/mol. The van der Waals surface area contributed by atoms with Crippen LogP contribution in [0.3, 0.4) is 0 Å². The van der Waals surface area contributed by atoms with E-state index in [2.05, 4.69) is 47.5 Å². The van der Waals surface area contributed by atoms with Gasteiger partial charge in [0, 0.05) is 25.3 Å². The Morgan fingerprint density at radius 1 is 1.10 bits per heavy atom. The van der Waals surface area contributed by atoms with Gasteiger partial charge >= 0.3 is 0 Å². The van der Waals surface area contributed by atoms with Crippen LogP contribution < -0.4 is 10.2 Å². The van der Waals surface area contributed by atoms with Crippen LogP contribution in [-0.4, -0.2) is 13.1 Å². The fraction of sp³-hybridized carbons (Fsp3) is 0.294. The quantitative estimate of drug-likeness (QED) is 0.865. The normalized spacial score (nSPS) is 16.2. The van der Waals surface area contributed by atoms with E-state index < -0.39 is 0 Å². The summed E-state index contributed by atoms with van der Waals surface area (Å²) in [5.41, 5.74) is 3.66. The Balaban J connectivity index is 2.01. The predicted molar refractivity (Wildman–Crippen MR) is 90.4 cm³/mol. The average Bonchev–Trinajstić information content (AvgIpc) is 2.72. The maximum atomic E-state index is 6.40. The molecule has 1 aliphatic rings. The number of halogens is 2. The standard InChI is InChI=1S/C17H18Cl2N2/c1-12(14-6-4-7-15(18)17(14)19)21-10-9-20-11-13-5-2-3-8-16(13)21/h2-8,12,20H,9-11H2,1H3. The summed E-state index contributed by atoms with van der Waals surface area (Å²) < 4.78 is 0. The molecule has 0 aromatic heterocycles. The number of fused-ring (bicyclic) bond motifs is 1. The lowest BCUT2D eigenvalue weighted by molar-refractivity contribution is 0.639. The summed E-state index contributed by atoms with van der Waals surface area (Å²) in [6, 6.07) is 14.5. The highest BCUT2D eigenvalue weighted by molar-refractivity contribution is 6.42. The lowest BCUT2D eigenvalue weighted by Crippen LogP contribution is -2.31. The molecule has 21 heavy (non-hydrogen) atoms. The Morgan fingerprint density at radius 3 is 2.76 bits per heavy atom. The minimum Gasteiger partial charge on any atom is -0.363 e. The first-order valence-corrected chi connectivity index (χ1v) is 7.93. The van der Waals surface area contributed by atoms with Crippen LogP contribution in [0.15, 0.2) is 42.5 Å². The van der Waals surface area contributed by atoms with Crippen molar-refractivity contribution >= 4 is 28.9 Å². The molecule has 0 bridgehead atoms. The Hall–Kier alpha value is -1.22. The summed E-state index contributed by atoms with van der Waals surface area (Å²) in [5.74, 6) is 0. The highest BCUT2D eigenvalue weighted by Gasteiger charge is 2.22. The first-order chi connectivity index (χ1) is 10.2. The van der Waals surface area contributed by atoms with Crippen LogP contribution in [0.4, 0.5) is 5.69 Å². The van der Waals surface area contributed by atoms with Gasteiger partial charge in [0.15, 0.2) is 0 Å². The summed E-state index contributed by atoms with van der Waals surface area (Å²) in [4.78, 5) is 2.40. The largest absolute Gasteiger partial charge is 0.363 e. The molecule has 1 atom stereocenters. The second-order valence-corrected chi connectivity index (χ2v) is 6.10. The third kappa shape index (κ3) is 2.89. The molecule has 4 heteroatoms. The van der Waals surface area contributed by atoms with E-state index in [1.165, 1.54) is 11.3 Å². The fourth-order valence-corrected chi connectivity index (χ4v) is 3.36. The van der Waals surface area contributed by atoms with Crippen LogP contribution in [0.2, 0.25) is 10.0 Å². The summed E-state index contributed by atoms with van der Waals surface area (Å²) in [6.07, 6.45) is 0. The molecule has 1 N–H and O–H groups in total. The van der Waals surface area contributed by atoms with E-state index >= 15 is 0 Å². The number of rotatable bonds is 2. The predicted octanol–water partition coefficient (Wildman–Crippen LogP) is 4.66. The first kappa shape index (κ1) is 14.7. The zero-order chi connectivity index (χ0) is 14.8. The zero-order valence-corrected chi connectivity index (χ0v) is 13.5. The van der Waals surface area contributed by atoms with Gasteiger partial charge in [0.05, 0.1) is 16.1 Å². The number of nitrogens with zero attached hydrogens (tertiary/aromatic N) is 1. The molecule has 110 valence electrons. The lowest BCUT2D eigenvalue weighted by atomic mass is 10.0. The van der Waals surface area contributed by atoms with E-state index in [1.54, 1.807) is 0 Å². The second kappa shape index (κ2) is 6.27. The topological polar surface area (TPSA) is 15.3 Å².